The summed E-state index contributed by atoms with van der Waals surface area (Å²) in [5.74, 6) is 0.202. The first-order valence-electron chi connectivity index (χ1n) is 11.7. The van der Waals surface area contributed by atoms with Gasteiger partial charge in [-0.1, -0.05) is 24.3 Å². The lowest BCUT2D eigenvalue weighted by molar-refractivity contribution is -0.112. The van der Waals surface area contributed by atoms with E-state index in [2.05, 4.69) is 98.2 Å². The van der Waals surface area contributed by atoms with Crippen molar-refractivity contribution in [1.82, 2.24) is 0 Å². The van der Waals surface area contributed by atoms with Crippen molar-refractivity contribution in [3.8, 4) is 0 Å². The van der Waals surface area contributed by atoms with Crippen molar-refractivity contribution in [3.63, 3.8) is 0 Å². The maximum Gasteiger partial charge on any atom is 0.185 e. The summed E-state index contributed by atoms with van der Waals surface area (Å²) in [6.07, 6.45) is 6.91. The zero-order valence-electron chi connectivity index (χ0n) is 19.5. The second kappa shape index (κ2) is 11.0. The number of ketones is 1. The van der Waals surface area contributed by atoms with Gasteiger partial charge in [0.2, 0.25) is 0 Å². The van der Waals surface area contributed by atoms with Gasteiger partial charge >= 0.3 is 0 Å². The minimum atomic E-state index is 0.202. The van der Waals surface area contributed by atoms with E-state index in [1.807, 2.05) is 0 Å². The molecule has 0 aliphatic heterocycles. The molecule has 1 aliphatic carbocycles. The Morgan fingerprint density at radius 3 is 1.52 bits per heavy atom. The maximum absolute atomic E-state index is 13.2. The number of anilines is 2. The van der Waals surface area contributed by atoms with Crippen LogP contribution in [0.2, 0.25) is 0 Å². The predicted molar refractivity (Wildman–Crippen MR) is 135 cm³/mol. The lowest BCUT2D eigenvalue weighted by atomic mass is 9.86. The summed E-state index contributed by atoms with van der Waals surface area (Å²) in [4.78, 5) is 17.9. The quantitative estimate of drug-likeness (QED) is 0.453. The van der Waals surface area contributed by atoms with Gasteiger partial charge in [0.25, 0.3) is 0 Å². The van der Waals surface area contributed by atoms with Gasteiger partial charge in [0.1, 0.15) is 0 Å². The zero-order valence-corrected chi connectivity index (χ0v) is 19.5. The van der Waals surface area contributed by atoms with Crippen LogP contribution in [0.15, 0.2) is 59.7 Å². The topological polar surface area (TPSA) is 23.6 Å². The van der Waals surface area contributed by atoms with Crippen molar-refractivity contribution < 1.29 is 4.79 Å². The number of hydrogen-bond acceptors (Lipinski definition) is 3. The normalized spacial score (nSPS) is 16.7. The number of Topliss-reactive ketones (excluding diaryl/α,β-unsaturated/α-hetero) is 1. The molecule has 3 nitrogen and oxygen atoms in total. The predicted octanol–water partition coefficient (Wildman–Crippen LogP) is 6.60. The van der Waals surface area contributed by atoms with E-state index in [9.17, 15) is 4.79 Å². The molecule has 0 amide bonds. The van der Waals surface area contributed by atoms with Crippen molar-refractivity contribution in [1.29, 1.82) is 0 Å². The molecular formula is C28H36N2O. The third-order valence-electron chi connectivity index (χ3n) is 6.15. The Morgan fingerprint density at radius 2 is 1.13 bits per heavy atom. The van der Waals surface area contributed by atoms with Gasteiger partial charge in [-0.2, -0.15) is 0 Å². The molecule has 0 heterocycles. The second-order valence-electron chi connectivity index (χ2n) is 8.06. The summed E-state index contributed by atoms with van der Waals surface area (Å²) < 4.78 is 0. The van der Waals surface area contributed by atoms with Gasteiger partial charge < -0.3 is 9.80 Å². The van der Waals surface area contributed by atoms with Crippen LogP contribution in [0, 0.1) is 0 Å². The highest BCUT2D eigenvalue weighted by molar-refractivity contribution is 6.14. The third-order valence-corrected chi connectivity index (χ3v) is 6.15. The molecule has 0 atom stereocenters. The average Bonchev–Trinajstić information content (AvgIpc) is 2.79. The molecule has 0 spiro atoms. The summed E-state index contributed by atoms with van der Waals surface area (Å²) in [6, 6.07) is 17.0. The van der Waals surface area contributed by atoms with Crippen molar-refractivity contribution in [2.45, 2.75) is 47.0 Å². The van der Waals surface area contributed by atoms with Gasteiger partial charge in [-0.3, -0.25) is 4.79 Å². The molecule has 3 rings (SSSR count). The number of nitrogens with zero attached hydrogens (tertiary/aromatic N) is 2. The van der Waals surface area contributed by atoms with Gasteiger partial charge in [-0.15, -0.1) is 0 Å². The first-order valence-corrected chi connectivity index (χ1v) is 11.7. The van der Waals surface area contributed by atoms with Crippen LogP contribution in [0.5, 0.6) is 0 Å². The Balaban J connectivity index is 1.85. The smallest absolute Gasteiger partial charge is 0.185 e. The lowest BCUT2D eigenvalue weighted by Gasteiger charge is -2.22. The van der Waals surface area contributed by atoms with Crippen LogP contribution in [0.3, 0.4) is 0 Å². The SMILES string of the molecule is CCN(CC)c1cccc(/C=C2\CCC/C(=C\c3cccc(N(CC)CC)c3)C2=O)c1. The number of carbonyl (C=O) groups is 1. The van der Waals surface area contributed by atoms with E-state index in [0.29, 0.717) is 0 Å². The summed E-state index contributed by atoms with van der Waals surface area (Å²) in [6.45, 7) is 12.6. The molecule has 164 valence electrons. The van der Waals surface area contributed by atoms with E-state index in [4.69, 9.17) is 0 Å². The Morgan fingerprint density at radius 1 is 0.710 bits per heavy atom. The Hall–Kier alpha value is -2.81. The summed E-state index contributed by atoms with van der Waals surface area (Å²) in [5, 5.41) is 0. The first-order chi connectivity index (χ1) is 15.1. The van der Waals surface area contributed by atoms with Crippen LogP contribution in [0.1, 0.15) is 58.1 Å². The molecule has 0 unspecified atom stereocenters. The Kier molecular flexibility index (Phi) is 8.11. The third kappa shape index (κ3) is 5.66. The molecule has 31 heavy (non-hydrogen) atoms. The fourth-order valence-corrected chi connectivity index (χ4v) is 4.38. The summed E-state index contributed by atoms with van der Waals surface area (Å²) in [5.41, 5.74) is 6.50. The van der Waals surface area contributed by atoms with Crippen molar-refractivity contribution >= 4 is 29.3 Å². The van der Waals surface area contributed by atoms with Crippen molar-refractivity contribution in [2.24, 2.45) is 0 Å². The fraction of sp³-hybridized carbons (Fsp3) is 0.393. The monoisotopic (exact) mass is 416 g/mol. The van der Waals surface area contributed by atoms with Gasteiger partial charge in [-0.05, 0) is 94.5 Å². The standard InChI is InChI=1S/C28H36N2O/c1-5-29(6-2)26-16-9-12-22(20-26)18-24-14-11-15-25(28(24)31)19-23-13-10-17-27(21-23)30(7-3)8-4/h9-10,12-13,16-21H,5-8,11,14-15H2,1-4H3/b24-18+,25-19+. The summed E-state index contributed by atoms with van der Waals surface area (Å²) in [7, 11) is 0. The van der Waals surface area contributed by atoms with Crippen molar-refractivity contribution in [3.05, 3.63) is 70.8 Å². The van der Waals surface area contributed by atoms with E-state index < -0.39 is 0 Å². The number of hydrogen-bond donors (Lipinski definition) is 0. The van der Waals surface area contributed by atoms with E-state index in [1.54, 1.807) is 0 Å². The van der Waals surface area contributed by atoms with Crippen LogP contribution in [0.25, 0.3) is 12.2 Å². The van der Waals surface area contributed by atoms with Crippen LogP contribution < -0.4 is 9.80 Å². The molecule has 0 aromatic heterocycles. The highest BCUT2D eigenvalue weighted by Gasteiger charge is 2.20. The molecule has 0 saturated heterocycles. The van der Waals surface area contributed by atoms with Crippen LogP contribution in [0.4, 0.5) is 11.4 Å². The Labute approximate surface area is 188 Å². The zero-order chi connectivity index (χ0) is 22.2. The molecule has 3 heteroatoms. The van der Waals surface area contributed by atoms with Gasteiger partial charge in [0, 0.05) is 48.7 Å². The van der Waals surface area contributed by atoms with E-state index in [-0.39, 0.29) is 5.78 Å². The van der Waals surface area contributed by atoms with E-state index in [1.165, 1.54) is 11.4 Å². The van der Waals surface area contributed by atoms with E-state index >= 15 is 0 Å². The highest BCUT2D eigenvalue weighted by atomic mass is 16.1. The minimum Gasteiger partial charge on any atom is -0.372 e. The van der Waals surface area contributed by atoms with Crippen molar-refractivity contribution in [2.75, 3.05) is 36.0 Å². The first kappa shape index (κ1) is 22.9. The second-order valence-corrected chi connectivity index (χ2v) is 8.06. The minimum absolute atomic E-state index is 0.202. The summed E-state index contributed by atoms with van der Waals surface area (Å²) >= 11 is 0. The molecule has 2 aromatic rings. The lowest BCUT2D eigenvalue weighted by Crippen LogP contribution is -2.21. The fourth-order valence-electron chi connectivity index (χ4n) is 4.38. The number of benzene rings is 2. The largest absolute Gasteiger partial charge is 0.372 e. The molecule has 1 fully saturated rings. The maximum atomic E-state index is 13.2. The van der Waals surface area contributed by atoms with Crippen LogP contribution in [-0.4, -0.2) is 32.0 Å². The molecule has 0 radical (unpaired) electrons. The Bertz CT molecular complexity index is 873. The van der Waals surface area contributed by atoms with Gasteiger partial charge in [-0.25, -0.2) is 0 Å². The molecule has 0 bridgehead atoms. The molecular weight excluding hydrogens is 380 g/mol. The number of carbonyl (C=O) groups excluding carboxylic acids is 1. The van der Waals surface area contributed by atoms with E-state index in [0.717, 1.165) is 67.7 Å². The molecule has 0 N–H and O–H groups in total. The average molecular weight is 417 g/mol. The number of allylic oxidation sites excluding steroid dienone is 2. The number of rotatable bonds is 8. The molecule has 1 aliphatic rings. The molecule has 1 saturated carbocycles. The van der Waals surface area contributed by atoms with Crippen LogP contribution >= 0.6 is 0 Å². The highest BCUT2D eigenvalue weighted by Crippen LogP contribution is 2.29. The molecule has 2 aromatic carbocycles. The van der Waals surface area contributed by atoms with Gasteiger partial charge in [0.15, 0.2) is 5.78 Å². The van der Waals surface area contributed by atoms with Crippen LogP contribution in [-0.2, 0) is 4.79 Å². The van der Waals surface area contributed by atoms with Gasteiger partial charge in [0.05, 0.1) is 0 Å².